The SMILES string of the molecule is O=C(OC1CCCc2ccccc21)c1ccnc(F)c1F. The maximum atomic E-state index is 13.6. The third-order valence-electron chi connectivity index (χ3n) is 3.63. The minimum atomic E-state index is -1.30. The van der Waals surface area contributed by atoms with Crippen LogP contribution >= 0.6 is 0 Å². The summed E-state index contributed by atoms with van der Waals surface area (Å²) in [4.78, 5) is 15.2. The number of fused-ring (bicyclic) bond motifs is 1. The molecule has 1 aromatic heterocycles. The van der Waals surface area contributed by atoms with Crippen LogP contribution in [0.3, 0.4) is 0 Å². The molecular formula is C16H13F2NO2. The predicted molar refractivity (Wildman–Crippen MR) is 71.7 cm³/mol. The van der Waals surface area contributed by atoms with Crippen molar-refractivity contribution in [3.63, 3.8) is 0 Å². The highest BCUT2D eigenvalue weighted by Crippen LogP contribution is 2.33. The Morgan fingerprint density at radius 1 is 1.24 bits per heavy atom. The Balaban J connectivity index is 1.85. The smallest absolute Gasteiger partial charge is 0.341 e. The molecule has 3 rings (SSSR count). The molecule has 0 N–H and O–H groups in total. The number of hydrogen-bond acceptors (Lipinski definition) is 3. The van der Waals surface area contributed by atoms with E-state index in [9.17, 15) is 13.6 Å². The second-order valence-electron chi connectivity index (χ2n) is 4.95. The Morgan fingerprint density at radius 2 is 2.05 bits per heavy atom. The van der Waals surface area contributed by atoms with E-state index < -0.39 is 29.4 Å². The van der Waals surface area contributed by atoms with E-state index >= 15 is 0 Å². The lowest BCUT2D eigenvalue weighted by Gasteiger charge is -2.25. The molecule has 1 unspecified atom stereocenters. The highest BCUT2D eigenvalue weighted by atomic mass is 19.2. The van der Waals surface area contributed by atoms with Gasteiger partial charge in [-0.2, -0.15) is 4.39 Å². The number of nitrogens with zero attached hydrogens (tertiary/aromatic N) is 1. The molecule has 1 aliphatic carbocycles. The minimum Gasteiger partial charge on any atom is -0.454 e. The predicted octanol–water partition coefficient (Wildman–Crippen LogP) is 3.59. The molecule has 1 heterocycles. The fraction of sp³-hybridized carbons (Fsp3) is 0.250. The quantitative estimate of drug-likeness (QED) is 0.626. The van der Waals surface area contributed by atoms with Gasteiger partial charge < -0.3 is 4.74 Å². The summed E-state index contributed by atoms with van der Waals surface area (Å²) in [6.07, 6.45) is 3.13. The van der Waals surface area contributed by atoms with Gasteiger partial charge in [0.15, 0.2) is 5.82 Å². The number of carbonyl (C=O) groups excluding carboxylic acids is 1. The Morgan fingerprint density at radius 3 is 2.90 bits per heavy atom. The van der Waals surface area contributed by atoms with E-state index in [1.807, 2.05) is 24.3 Å². The van der Waals surface area contributed by atoms with Gasteiger partial charge in [-0.05, 0) is 36.5 Å². The van der Waals surface area contributed by atoms with Crippen molar-refractivity contribution in [2.24, 2.45) is 0 Å². The van der Waals surface area contributed by atoms with E-state index in [-0.39, 0.29) is 0 Å². The van der Waals surface area contributed by atoms with Gasteiger partial charge >= 0.3 is 5.97 Å². The summed E-state index contributed by atoms with van der Waals surface area (Å²) in [6, 6.07) is 8.81. The second-order valence-corrected chi connectivity index (χ2v) is 4.95. The number of carbonyl (C=O) groups is 1. The first kappa shape index (κ1) is 13.7. The van der Waals surface area contributed by atoms with Crippen LogP contribution in [-0.2, 0) is 11.2 Å². The van der Waals surface area contributed by atoms with E-state index in [4.69, 9.17) is 4.74 Å². The lowest BCUT2D eigenvalue weighted by molar-refractivity contribution is 0.0249. The van der Waals surface area contributed by atoms with Crippen LogP contribution in [0.1, 0.15) is 40.4 Å². The number of ether oxygens (including phenoxy) is 1. The zero-order chi connectivity index (χ0) is 14.8. The number of aromatic nitrogens is 1. The number of benzene rings is 1. The topological polar surface area (TPSA) is 39.2 Å². The Bertz CT molecular complexity index is 688. The lowest BCUT2D eigenvalue weighted by Crippen LogP contribution is -2.18. The highest BCUT2D eigenvalue weighted by molar-refractivity contribution is 5.89. The van der Waals surface area contributed by atoms with E-state index in [1.54, 1.807) is 0 Å². The van der Waals surface area contributed by atoms with E-state index in [0.717, 1.165) is 36.2 Å². The van der Waals surface area contributed by atoms with Crippen LogP contribution in [0.2, 0.25) is 0 Å². The standard InChI is InChI=1S/C16H13F2NO2/c17-14-12(8-9-19-15(14)18)16(20)21-13-7-3-5-10-4-1-2-6-11(10)13/h1-2,4,6,8-9,13H,3,5,7H2. The minimum absolute atomic E-state index is 0.418. The van der Waals surface area contributed by atoms with Crippen LogP contribution in [-0.4, -0.2) is 11.0 Å². The molecule has 1 aliphatic rings. The fourth-order valence-corrected chi connectivity index (χ4v) is 2.60. The monoisotopic (exact) mass is 289 g/mol. The third-order valence-corrected chi connectivity index (χ3v) is 3.63. The van der Waals surface area contributed by atoms with Crippen molar-refractivity contribution < 1.29 is 18.3 Å². The van der Waals surface area contributed by atoms with Crippen molar-refractivity contribution in [3.05, 3.63) is 65.0 Å². The molecule has 0 saturated heterocycles. The summed E-state index contributed by atoms with van der Waals surface area (Å²) < 4.78 is 32.0. The molecule has 5 heteroatoms. The van der Waals surface area contributed by atoms with Gasteiger partial charge in [-0.25, -0.2) is 14.2 Å². The molecule has 0 saturated carbocycles. The molecule has 0 radical (unpaired) electrons. The molecule has 0 spiro atoms. The first-order valence-electron chi connectivity index (χ1n) is 6.75. The van der Waals surface area contributed by atoms with Crippen LogP contribution in [0.15, 0.2) is 36.5 Å². The molecule has 0 fully saturated rings. The second kappa shape index (κ2) is 5.60. The number of hydrogen-bond donors (Lipinski definition) is 0. The summed E-state index contributed by atoms with van der Waals surface area (Å²) in [5.41, 5.74) is 1.64. The van der Waals surface area contributed by atoms with Crippen LogP contribution < -0.4 is 0 Å². The molecule has 21 heavy (non-hydrogen) atoms. The Kier molecular flexibility index (Phi) is 3.64. The van der Waals surface area contributed by atoms with Crippen molar-refractivity contribution in [2.75, 3.05) is 0 Å². The van der Waals surface area contributed by atoms with Crippen molar-refractivity contribution in [3.8, 4) is 0 Å². The lowest BCUT2D eigenvalue weighted by atomic mass is 9.89. The van der Waals surface area contributed by atoms with E-state index in [0.29, 0.717) is 6.42 Å². The number of halogens is 2. The molecule has 0 amide bonds. The van der Waals surface area contributed by atoms with Crippen LogP contribution in [0.5, 0.6) is 0 Å². The summed E-state index contributed by atoms with van der Waals surface area (Å²) in [5.74, 6) is -3.43. The highest BCUT2D eigenvalue weighted by Gasteiger charge is 2.26. The summed E-state index contributed by atoms with van der Waals surface area (Å²) in [7, 11) is 0. The molecule has 0 aliphatic heterocycles. The zero-order valence-corrected chi connectivity index (χ0v) is 11.2. The van der Waals surface area contributed by atoms with Gasteiger partial charge in [0.1, 0.15) is 11.7 Å². The molecule has 1 aromatic carbocycles. The molecular weight excluding hydrogens is 276 g/mol. The molecule has 108 valence electrons. The molecule has 0 bridgehead atoms. The van der Waals surface area contributed by atoms with Gasteiger partial charge in [0, 0.05) is 6.20 Å². The zero-order valence-electron chi connectivity index (χ0n) is 11.2. The molecule has 1 atom stereocenters. The fourth-order valence-electron chi connectivity index (χ4n) is 2.60. The summed E-state index contributed by atoms with van der Waals surface area (Å²) >= 11 is 0. The number of aryl methyl sites for hydroxylation is 1. The van der Waals surface area contributed by atoms with Crippen LogP contribution in [0.25, 0.3) is 0 Å². The average Bonchev–Trinajstić information content (AvgIpc) is 2.50. The average molecular weight is 289 g/mol. The van der Waals surface area contributed by atoms with E-state index in [1.165, 1.54) is 0 Å². The van der Waals surface area contributed by atoms with Gasteiger partial charge in [0.25, 0.3) is 0 Å². The van der Waals surface area contributed by atoms with Gasteiger partial charge in [-0.3, -0.25) is 0 Å². The number of esters is 1. The maximum absolute atomic E-state index is 13.6. The van der Waals surface area contributed by atoms with E-state index in [2.05, 4.69) is 4.98 Å². The number of rotatable bonds is 2. The summed E-state index contributed by atoms with van der Waals surface area (Å²) in [5, 5.41) is 0. The third kappa shape index (κ3) is 2.63. The van der Waals surface area contributed by atoms with Gasteiger partial charge in [-0.15, -0.1) is 0 Å². The van der Waals surface area contributed by atoms with Crippen molar-refractivity contribution in [1.82, 2.24) is 4.98 Å². The Labute approximate surface area is 120 Å². The van der Waals surface area contributed by atoms with Crippen LogP contribution in [0.4, 0.5) is 8.78 Å². The largest absolute Gasteiger partial charge is 0.454 e. The first-order chi connectivity index (χ1) is 10.2. The normalized spacial score (nSPS) is 17.1. The first-order valence-corrected chi connectivity index (χ1v) is 6.75. The van der Waals surface area contributed by atoms with Gasteiger partial charge in [0.05, 0.1) is 0 Å². The van der Waals surface area contributed by atoms with Crippen LogP contribution in [0, 0.1) is 11.8 Å². The molecule has 2 aromatic rings. The molecule has 3 nitrogen and oxygen atoms in total. The summed E-state index contributed by atoms with van der Waals surface area (Å²) in [6.45, 7) is 0. The maximum Gasteiger partial charge on any atom is 0.341 e. The number of pyridine rings is 1. The van der Waals surface area contributed by atoms with Crippen molar-refractivity contribution >= 4 is 5.97 Å². The van der Waals surface area contributed by atoms with Crippen molar-refractivity contribution in [1.29, 1.82) is 0 Å². The Hall–Kier alpha value is -2.30. The van der Waals surface area contributed by atoms with Gasteiger partial charge in [-0.1, -0.05) is 24.3 Å². The van der Waals surface area contributed by atoms with Crippen molar-refractivity contribution in [2.45, 2.75) is 25.4 Å². The van der Waals surface area contributed by atoms with Gasteiger partial charge in [0.2, 0.25) is 5.95 Å².